The minimum Gasteiger partial charge on any atom is -0.368 e. The van der Waals surface area contributed by atoms with E-state index in [0.29, 0.717) is 0 Å². The summed E-state index contributed by atoms with van der Waals surface area (Å²) in [5.74, 6) is -0.197. The Kier molecular flexibility index (Phi) is 5.30. The Morgan fingerprint density at radius 3 is 2.25 bits per heavy atom. The molecule has 1 saturated heterocycles. The molecule has 24 heavy (non-hydrogen) atoms. The first kappa shape index (κ1) is 16.7. The van der Waals surface area contributed by atoms with Crippen molar-refractivity contribution in [3.63, 3.8) is 0 Å². The van der Waals surface area contributed by atoms with Gasteiger partial charge in [-0.25, -0.2) is 4.39 Å². The van der Waals surface area contributed by atoms with Crippen molar-refractivity contribution in [3.8, 4) is 0 Å². The zero-order chi connectivity index (χ0) is 16.9. The van der Waals surface area contributed by atoms with Gasteiger partial charge in [-0.1, -0.05) is 30.3 Å². The van der Waals surface area contributed by atoms with Gasteiger partial charge >= 0.3 is 0 Å². The Labute approximate surface area is 148 Å². The normalized spacial score (nSPS) is 15.9. The maximum atomic E-state index is 13.0. The molecule has 126 valence electrons. The lowest BCUT2D eigenvalue weighted by atomic mass is 10.1. The highest BCUT2D eigenvalue weighted by molar-refractivity contribution is 7.80. The largest absolute Gasteiger partial charge is 0.368 e. The maximum absolute atomic E-state index is 13.0. The summed E-state index contributed by atoms with van der Waals surface area (Å²) in [5.41, 5.74) is 2.29. The molecule has 0 saturated carbocycles. The van der Waals surface area contributed by atoms with Gasteiger partial charge in [0.1, 0.15) is 5.82 Å². The van der Waals surface area contributed by atoms with Gasteiger partial charge in [0.05, 0.1) is 6.04 Å². The van der Waals surface area contributed by atoms with Crippen LogP contribution in [0, 0.1) is 5.82 Å². The van der Waals surface area contributed by atoms with Gasteiger partial charge in [0.2, 0.25) is 0 Å². The highest BCUT2D eigenvalue weighted by Gasteiger charge is 2.20. The van der Waals surface area contributed by atoms with Gasteiger partial charge in [0.15, 0.2) is 5.11 Å². The second kappa shape index (κ2) is 7.62. The summed E-state index contributed by atoms with van der Waals surface area (Å²) in [6.45, 7) is 5.62. The van der Waals surface area contributed by atoms with Crippen molar-refractivity contribution in [1.29, 1.82) is 0 Å². The summed E-state index contributed by atoms with van der Waals surface area (Å²) in [4.78, 5) is 4.47. The Bertz CT molecular complexity index is 667. The molecule has 1 atom stereocenters. The van der Waals surface area contributed by atoms with Crippen molar-refractivity contribution in [2.24, 2.45) is 0 Å². The van der Waals surface area contributed by atoms with Gasteiger partial charge in [0, 0.05) is 31.9 Å². The standard InChI is InChI=1S/C19H22FN3S/c1-15(16-5-3-2-4-6-16)21-19(24)23-13-11-22(12-14-23)18-9-7-17(20)8-10-18/h2-10,15H,11-14H2,1H3,(H,21,24). The van der Waals surface area contributed by atoms with E-state index in [1.165, 1.54) is 17.7 Å². The number of nitrogens with one attached hydrogen (secondary N) is 1. The predicted octanol–water partition coefficient (Wildman–Crippen LogP) is 3.58. The lowest BCUT2D eigenvalue weighted by molar-refractivity contribution is 0.376. The quantitative estimate of drug-likeness (QED) is 0.858. The molecule has 1 fully saturated rings. The molecule has 0 radical (unpaired) electrons. The molecule has 3 rings (SSSR count). The van der Waals surface area contributed by atoms with Crippen LogP contribution in [0.3, 0.4) is 0 Å². The molecule has 0 spiro atoms. The molecule has 2 aromatic carbocycles. The molecule has 0 bridgehead atoms. The summed E-state index contributed by atoms with van der Waals surface area (Å²) >= 11 is 5.57. The monoisotopic (exact) mass is 343 g/mol. The number of rotatable bonds is 3. The summed E-state index contributed by atoms with van der Waals surface area (Å²) in [5, 5.41) is 4.21. The Morgan fingerprint density at radius 1 is 1.00 bits per heavy atom. The number of piperazine rings is 1. The Balaban J connectivity index is 1.52. The molecule has 0 aromatic heterocycles. The van der Waals surface area contributed by atoms with Crippen molar-refractivity contribution in [2.45, 2.75) is 13.0 Å². The van der Waals surface area contributed by atoms with Crippen molar-refractivity contribution in [2.75, 3.05) is 31.1 Å². The summed E-state index contributed by atoms with van der Waals surface area (Å²) < 4.78 is 13.0. The Morgan fingerprint density at radius 2 is 1.62 bits per heavy atom. The first-order valence-corrected chi connectivity index (χ1v) is 8.65. The smallest absolute Gasteiger partial charge is 0.169 e. The van der Waals surface area contributed by atoms with Crippen LogP contribution in [0.15, 0.2) is 54.6 Å². The number of halogens is 1. The molecule has 1 aliphatic heterocycles. The van der Waals surface area contributed by atoms with E-state index in [4.69, 9.17) is 12.2 Å². The number of anilines is 1. The van der Waals surface area contributed by atoms with E-state index in [0.717, 1.165) is 37.0 Å². The van der Waals surface area contributed by atoms with E-state index >= 15 is 0 Å². The number of nitrogens with zero attached hydrogens (tertiary/aromatic N) is 2. The SMILES string of the molecule is CC(NC(=S)N1CCN(c2ccc(F)cc2)CC1)c1ccccc1. The molecule has 0 amide bonds. The molecule has 0 aliphatic carbocycles. The van der Waals surface area contributed by atoms with Crippen LogP contribution < -0.4 is 10.2 Å². The molecular formula is C19H22FN3S. The molecule has 1 N–H and O–H groups in total. The molecule has 1 heterocycles. The highest BCUT2D eigenvalue weighted by atomic mass is 32.1. The van der Waals surface area contributed by atoms with Crippen molar-refractivity contribution < 1.29 is 4.39 Å². The van der Waals surface area contributed by atoms with Crippen LogP contribution in [0.2, 0.25) is 0 Å². The van der Waals surface area contributed by atoms with E-state index in [-0.39, 0.29) is 11.9 Å². The van der Waals surface area contributed by atoms with Gasteiger partial charge in [-0.3, -0.25) is 0 Å². The third kappa shape index (κ3) is 4.03. The van der Waals surface area contributed by atoms with Crippen LogP contribution >= 0.6 is 12.2 Å². The van der Waals surface area contributed by atoms with Gasteiger partial charge in [-0.05, 0) is 49.0 Å². The van der Waals surface area contributed by atoms with Crippen LogP contribution in [0.1, 0.15) is 18.5 Å². The number of hydrogen-bond acceptors (Lipinski definition) is 2. The Hall–Kier alpha value is -2.14. The second-order valence-corrected chi connectivity index (χ2v) is 6.42. The molecule has 5 heteroatoms. The van der Waals surface area contributed by atoms with Gasteiger partial charge in [0.25, 0.3) is 0 Å². The van der Waals surface area contributed by atoms with Gasteiger partial charge in [-0.2, -0.15) is 0 Å². The van der Waals surface area contributed by atoms with Crippen LogP contribution in [-0.2, 0) is 0 Å². The summed E-state index contributed by atoms with van der Waals surface area (Å²) in [6.07, 6.45) is 0. The minimum absolute atomic E-state index is 0.189. The highest BCUT2D eigenvalue weighted by Crippen LogP contribution is 2.18. The maximum Gasteiger partial charge on any atom is 0.169 e. The first-order valence-electron chi connectivity index (χ1n) is 8.24. The van der Waals surface area contributed by atoms with E-state index in [1.807, 2.05) is 30.3 Å². The van der Waals surface area contributed by atoms with E-state index in [1.54, 1.807) is 0 Å². The average molecular weight is 343 g/mol. The molecule has 3 nitrogen and oxygen atoms in total. The topological polar surface area (TPSA) is 18.5 Å². The van der Waals surface area contributed by atoms with Crippen LogP contribution in [0.25, 0.3) is 0 Å². The van der Waals surface area contributed by atoms with Crippen LogP contribution in [-0.4, -0.2) is 36.2 Å². The summed E-state index contributed by atoms with van der Waals surface area (Å²) in [6, 6.07) is 17.2. The number of hydrogen-bond donors (Lipinski definition) is 1. The van der Waals surface area contributed by atoms with E-state index in [2.05, 4.69) is 34.2 Å². The van der Waals surface area contributed by atoms with Crippen molar-refractivity contribution in [3.05, 3.63) is 66.0 Å². The van der Waals surface area contributed by atoms with Crippen molar-refractivity contribution in [1.82, 2.24) is 10.2 Å². The van der Waals surface area contributed by atoms with Crippen LogP contribution in [0.5, 0.6) is 0 Å². The predicted molar refractivity (Wildman–Crippen MR) is 101 cm³/mol. The zero-order valence-corrected chi connectivity index (χ0v) is 14.6. The van der Waals surface area contributed by atoms with Crippen molar-refractivity contribution >= 4 is 23.0 Å². The minimum atomic E-state index is -0.197. The van der Waals surface area contributed by atoms with Gasteiger partial charge < -0.3 is 15.1 Å². The molecule has 1 unspecified atom stereocenters. The van der Waals surface area contributed by atoms with E-state index in [9.17, 15) is 4.39 Å². The molecular weight excluding hydrogens is 321 g/mol. The number of benzene rings is 2. The third-order valence-corrected chi connectivity index (χ3v) is 4.77. The lowest BCUT2D eigenvalue weighted by Crippen LogP contribution is -2.52. The second-order valence-electron chi connectivity index (χ2n) is 6.03. The first-order chi connectivity index (χ1) is 11.6. The molecule has 2 aromatic rings. The fourth-order valence-corrected chi connectivity index (χ4v) is 3.28. The average Bonchev–Trinajstić information content (AvgIpc) is 2.63. The fourth-order valence-electron chi connectivity index (χ4n) is 2.92. The molecule has 1 aliphatic rings. The van der Waals surface area contributed by atoms with Crippen LogP contribution in [0.4, 0.5) is 10.1 Å². The van der Waals surface area contributed by atoms with E-state index < -0.39 is 0 Å². The number of thiocarbonyl (C=S) groups is 1. The third-order valence-electron chi connectivity index (χ3n) is 4.40. The summed E-state index contributed by atoms with van der Waals surface area (Å²) in [7, 11) is 0. The fraction of sp³-hybridized carbons (Fsp3) is 0.316. The lowest BCUT2D eigenvalue weighted by Gasteiger charge is -2.38. The zero-order valence-electron chi connectivity index (χ0n) is 13.8. The van der Waals surface area contributed by atoms with Gasteiger partial charge in [-0.15, -0.1) is 0 Å².